The van der Waals surface area contributed by atoms with Crippen LogP contribution < -0.4 is 11.2 Å². The van der Waals surface area contributed by atoms with Gasteiger partial charge in [0.15, 0.2) is 0 Å². The normalized spacial score (nSPS) is 23.7. The molecule has 1 saturated heterocycles. The lowest BCUT2D eigenvalue weighted by Gasteiger charge is -2.43. The van der Waals surface area contributed by atoms with Gasteiger partial charge < -0.3 is 10.0 Å². The average Bonchev–Trinajstić information content (AvgIpc) is 2.96. The van der Waals surface area contributed by atoms with E-state index in [9.17, 15) is 19.5 Å². The molecule has 134 valence electrons. The summed E-state index contributed by atoms with van der Waals surface area (Å²) in [5.74, 6) is -0.211. The van der Waals surface area contributed by atoms with E-state index in [0.29, 0.717) is 24.1 Å². The fraction of sp³-hybridized carbons (Fsp3) is 0.500. The molecule has 0 aliphatic carbocycles. The zero-order chi connectivity index (χ0) is 18.4. The van der Waals surface area contributed by atoms with Crippen LogP contribution >= 0.6 is 0 Å². The van der Waals surface area contributed by atoms with Gasteiger partial charge in [0.25, 0.3) is 11.5 Å². The van der Waals surface area contributed by atoms with Gasteiger partial charge in [-0.1, -0.05) is 0 Å². The SMILES string of the molecule is Cc1cn([C@H]2CCN(C(=O)c3cnn(C)c3)C[C@]2(C)O)c(=O)[nH]c1=O. The second-order valence-electron chi connectivity index (χ2n) is 6.77. The molecule has 25 heavy (non-hydrogen) atoms. The summed E-state index contributed by atoms with van der Waals surface area (Å²) in [6, 6.07) is -0.534. The predicted molar refractivity (Wildman–Crippen MR) is 89.4 cm³/mol. The van der Waals surface area contributed by atoms with Gasteiger partial charge in [0.05, 0.1) is 24.3 Å². The van der Waals surface area contributed by atoms with Crippen LogP contribution in [0.25, 0.3) is 0 Å². The maximum absolute atomic E-state index is 12.6. The van der Waals surface area contributed by atoms with Crippen LogP contribution in [0.3, 0.4) is 0 Å². The lowest BCUT2D eigenvalue weighted by atomic mass is 9.88. The Morgan fingerprint density at radius 1 is 1.40 bits per heavy atom. The van der Waals surface area contributed by atoms with Crippen LogP contribution in [-0.2, 0) is 7.05 Å². The molecule has 0 bridgehead atoms. The number of aryl methyl sites for hydroxylation is 2. The Kier molecular flexibility index (Phi) is 4.11. The number of H-pyrrole nitrogens is 1. The molecular formula is C16H21N5O4. The van der Waals surface area contributed by atoms with Crippen molar-refractivity contribution < 1.29 is 9.90 Å². The second kappa shape index (κ2) is 5.99. The topological polar surface area (TPSA) is 113 Å². The van der Waals surface area contributed by atoms with E-state index < -0.39 is 22.9 Å². The molecule has 0 spiro atoms. The van der Waals surface area contributed by atoms with Crippen molar-refractivity contribution in [1.82, 2.24) is 24.2 Å². The van der Waals surface area contributed by atoms with Gasteiger partial charge in [-0.15, -0.1) is 0 Å². The van der Waals surface area contributed by atoms with Gasteiger partial charge in [-0.3, -0.25) is 23.8 Å². The quantitative estimate of drug-likeness (QED) is 0.754. The molecule has 1 aliphatic heterocycles. The third-order valence-electron chi connectivity index (χ3n) is 4.62. The van der Waals surface area contributed by atoms with Crippen molar-refractivity contribution >= 4 is 5.91 Å². The number of hydrogen-bond donors (Lipinski definition) is 2. The van der Waals surface area contributed by atoms with E-state index in [4.69, 9.17) is 0 Å². The Bertz CT molecular complexity index is 923. The van der Waals surface area contributed by atoms with Gasteiger partial charge in [-0.05, 0) is 20.3 Å². The molecule has 9 nitrogen and oxygen atoms in total. The molecule has 2 aromatic rings. The molecule has 3 heterocycles. The molecular weight excluding hydrogens is 326 g/mol. The van der Waals surface area contributed by atoms with Crippen molar-refractivity contribution in [3.8, 4) is 0 Å². The van der Waals surface area contributed by atoms with E-state index in [1.54, 1.807) is 36.7 Å². The standard InChI is InChI=1S/C16H21N5O4/c1-10-7-21(15(24)18-13(10)22)12-4-5-20(9-16(12,2)25)14(23)11-6-17-19(3)8-11/h6-8,12,25H,4-5,9H2,1-3H3,(H,18,22,24)/t12-,16-/m0/s1. The Morgan fingerprint density at radius 2 is 2.12 bits per heavy atom. The number of amides is 1. The van der Waals surface area contributed by atoms with Crippen molar-refractivity contribution in [2.75, 3.05) is 13.1 Å². The van der Waals surface area contributed by atoms with Gasteiger partial charge in [0, 0.05) is 31.5 Å². The van der Waals surface area contributed by atoms with Crippen LogP contribution in [0, 0.1) is 6.92 Å². The Labute approximate surface area is 143 Å². The maximum Gasteiger partial charge on any atom is 0.328 e. The number of nitrogens with one attached hydrogen (secondary N) is 1. The number of carbonyl (C=O) groups is 1. The number of carbonyl (C=O) groups excluding carboxylic acids is 1. The van der Waals surface area contributed by atoms with Crippen molar-refractivity contribution in [2.45, 2.75) is 31.9 Å². The van der Waals surface area contributed by atoms with Crippen molar-refractivity contribution in [3.05, 3.63) is 50.6 Å². The number of piperidine rings is 1. The minimum Gasteiger partial charge on any atom is -0.386 e. The fourth-order valence-electron chi connectivity index (χ4n) is 3.30. The molecule has 2 N–H and O–H groups in total. The lowest BCUT2D eigenvalue weighted by Crippen LogP contribution is -2.56. The highest BCUT2D eigenvalue weighted by Gasteiger charge is 2.41. The first-order valence-electron chi connectivity index (χ1n) is 8.01. The van der Waals surface area contributed by atoms with E-state index in [1.165, 1.54) is 17.0 Å². The van der Waals surface area contributed by atoms with E-state index in [2.05, 4.69) is 10.1 Å². The summed E-state index contributed by atoms with van der Waals surface area (Å²) in [5, 5.41) is 14.9. The molecule has 0 radical (unpaired) electrons. The molecule has 3 rings (SSSR count). The number of aromatic nitrogens is 4. The highest BCUT2D eigenvalue weighted by atomic mass is 16.3. The number of rotatable bonds is 2. The Hall–Kier alpha value is -2.68. The Morgan fingerprint density at radius 3 is 2.72 bits per heavy atom. The third-order valence-corrected chi connectivity index (χ3v) is 4.62. The fourth-order valence-corrected chi connectivity index (χ4v) is 3.30. The molecule has 1 amide bonds. The van der Waals surface area contributed by atoms with Crippen LogP contribution in [0.15, 0.2) is 28.2 Å². The van der Waals surface area contributed by atoms with Crippen LogP contribution in [0.5, 0.6) is 0 Å². The van der Waals surface area contributed by atoms with E-state index in [1.807, 2.05) is 0 Å². The zero-order valence-electron chi connectivity index (χ0n) is 14.4. The molecule has 2 atom stereocenters. The van der Waals surface area contributed by atoms with Crippen molar-refractivity contribution in [2.24, 2.45) is 7.05 Å². The Balaban J connectivity index is 1.86. The summed E-state index contributed by atoms with van der Waals surface area (Å²) < 4.78 is 2.89. The summed E-state index contributed by atoms with van der Waals surface area (Å²) in [4.78, 5) is 40.0. The van der Waals surface area contributed by atoms with E-state index in [0.717, 1.165) is 0 Å². The maximum atomic E-state index is 12.6. The van der Waals surface area contributed by atoms with Gasteiger partial charge in [-0.2, -0.15) is 5.10 Å². The lowest BCUT2D eigenvalue weighted by molar-refractivity contribution is -0.0504. The number of β-amino-alcohol motifs (C(OH)–C–C–N with tert-alkyl or cyclic N) is 1. The molecule has 1 aliphatic rings. The second-order valence-corrected chi connectivity index (χ2v) is 6.77. The van der Waals surface area contributed by atoms with Gasteiger partial charge in [0.1, 0.15) is 5.60 Å². The largest absolute Gasteiger partial charge is 0.386 e. The minimum atomic E-state index is -1.31. The zero-order valence-corrected chi connectivity index (χ0v) is 14.4. The molecule has 2 aromatic heterocycles. The number of hydrogen-bond acceptors (Lipinski definition) is 5. The molecule has 0 unspecified atom stereocenters. The third kappa shape index (κ3) is 3.14. The van der Waals surface area contributed by atoms with Gasteiger partial charge in [0.2, 0.25) is 0 Å². The van der Waals surface area contributed by atoms with Crippen LogP contribution in [0.2, 0.25) is 0 Å². The summed E-state index contributed by atoms with van der Waals surface area (Å²) >= 11 is 0. The van der Waals surface area contributed by atoms with Gasteiger partial charge in [-0.25, -0.2) is 4.79 Å². The number of likely N-dealkylation sites (tertiary alicyclic amines) is 1. The molecule has 9 heteroatoms. The molecule has 1 fully saturated rings. The summed E-state index contributed by atoms with van der Waals surface area (Å²) in [7, 11) is 1.73. The van der Waals surface area contributed by atoms with Crippen molar-refractivity contribution in [3.63, 3.8) is 0 Å². The van der Waals surface area contributed by atoms with Crippen LogP contribution in [0.4, 0.5) is 0 Å². The summed E-state index contributed by atoms with van der Waals surface area (Å²) in [6.45, 7) is 3.66. The first-order chi connectivity index (χ1) is 11.7. The highest BCUT2D eigenvalue weighted by molar-refractivity contribution is 5.93. The molecule has 0 aromatic carbocycles. The van der Waals surface area contributed by atoms with Crippen molar-refractivity contribution in [1.29, 1.82) is 0 Å². The minimum absolute atomic E-state index is 0.0794. The van der Waals surface area contributed by atoms with Crippen LogP contribution in [-0.4, -0.2) is 53.9 Å². The number of nitrogens with zero attached hydrogens (tertiary/aromatic N) is 4. The number of aliphatic hydroxyl groups is 1. The first kappa shape index (κ1) is 17.2. The number of aromatic amines is 1. The monoisotopic (exact) mass is 347 g/mol. The van der Waals surface area contributed by atoms with E-state index >= 15 is 0 Å². The van der Waals surface area contributed by atoms with Crippen LogP contribution in [0.1, 0.15) is 35.3 Å². The summed E-state index contributed by atoms with van der Waals surface area (Å²) in [5.41, 5.74) is -1.47. The average molecular weight is 347 g/mol. The summed E-state index contributed by atoms with van der Waals surface area (Å²) in [6.07, 6.45) is 4.96. The smallest absolute Gasteiger partial charge is 0.328 e. The molecule has 0 saturated carbocycles. The predicted octanol–water partition coefficient (Wildman–Crippen LogP) is -0.583. The van der Waals surface area contributed by atoms with Gasteiger partial charge >= 0.3 is 5.69 Å². The van der Waals surface area contributed by atoms with E-state index in [-0.39, 0.29) is 12.5 Å². The first-order valence-corrected chi connectivity index (χ1v) is 8.01. The highest BCUT2D eigenvalue weighted by Crippen LogP contribution is 2.31.